The second-order valence-electron chi connectivity index (χ2n) is 5.50. The number of rotatable bonds is 4. The highest BCUT2D eigenvalue weighted by molar-refractivity contribution is 6.30. The van der Waals surface area contributed by atoms with E-state index < -0.39 is 0 Å². The molecule has 0 saturated carbocycles. The molecule has 24 heavy (non-hydrogen) atoms. The summed E-state index contributed by atoms with van der Waals surface area (Å²) in [6.45, 7) is 2.03. The standard InChI is InChI=1S/C17H18ClN3O3/c18-13-3-5-14(6-4-13)24-12-16(22)20-8-10-21(11-9-20)17(23)15-2-1-7-19-15/h1-7,19H,8-12H2. The Morgan fingerprint density at radius 2 is 1.71 bits per heavy atom. The van der Waals surface area contributed by atoms with E-state index in [4.69, 9.17) is 16.3 Å². The molecular formula is C17H18ClN3O3. The molecule has 0 aliphatic carbocycles. The zero-order chi connectivity index (χ0) is 16.9. The monoisotopic (exact) mass is 347 g/mol. The van der Waals surface area contributed by atoms with E-state index in [-0.39, 0.29) is 18.4 Å². The lowest BCUT2D eigenvalue weighted by Gasteiger charge is -2.34. The second kappa shape index (κ2) is 7.40. The maximum atomic E-state index is 12.2. The normalized spacial score (nSPS) is 14.5. The number of piperazine rings is 1. The highest BCUT2D eigenvalue weighted by Gasteiger charge is 2.25. The van der Waals surface area contributed by atoms with E-state index >= 15 is 0 Å². The fourth-order valence-electron chi connectivity index (χ4n) is 2.56. The predicted octanol–water partition coefficient (Wildman–Crippen LogP) is 2.03. The number of carbonyl (C=O) groups excluding carboxylic acids is 2. The van der Waals surface area contributed by atoms with Crippen LogP contribution in [0.2, 0.25) is 5.02 Å². The Labute approximate surface area is 145 Å². The number of hydrogen-bond donors (Lipinski definition) is 1. The van der Waals surface area contributed by atoms with Gasteiger partial charge in [0.1, 0.15) is 11.4 Å². The average molecular weight is 348 g/mol. The van der Waals surface area contributed by atoms with Crippen molar-refractivity contribution in [1.82, 2.24) is 14.8 Å². The Morgan fingerprint density at radius 1 is 1.04 bits per heavy atom. The van der Waals surface area contributed by atoms with Gasteiger partial charge in [-0.05, 0) is 36.4 Å². The second-order valence-corrected chi connectivity index (χ2v) is 5.94. The van der Waals surface area contributed by atoms with Gasteiger partial charge in [-0.25, -0.2) is 0 Å². The molecule has 1 fully saturated rings. The maximum Gasteiger partial charge on any atom is 0.270 e. The van der Waals surface area contributed by atoms with Crippen LogP contribution in [0, 0.1) is 0 Å². The van der Waals surface area contributed by atoms with E-state index in [2.05, 4.69) is 4.98 Å². The van der Waals surface area contributed by atoms with E-state index in [1.165, 1.54) is 0 Å². The summed E-state index contributed by atoms with van der Waals surface area (Å²) in [5, 5.41) is 0.622. The number of nitrogens with one attached hydrogen (secondary N) is 1. The summed E-state index contributed by atoms with van der Waals surface area (Å²) in [6.07, 6.45) is 1.72. The molecule has 1 saturated heterocycles. The van der Waals surface area contributed by atoms with Crippen molar-refractivity contribution < 1.29 is 14.3 Å². The molecule has 7 heteroatoms. The van der Waals surface area contributed by atoms with Gasteiger partial charge in [0.2, 0.25) is 0 Å². The first-order chi connectivity index (χ1) is 11.6. The lowest BCUT2D eigenvalue weighted by atomic mass is 10.2. The van der Waals surface area contributed by atoms with Crippen molar-refractivity contribution in [1.29, 1.82) is 0 Å². The summed E-state index contributed by atoms with van der Waals surface area (Å²) in [7, 11) is 0. The van der Waals surface area contributed by atoms with Crippen LogP contribution in [0.4, 0.5) is 0 Å². The number of benzene rings is 1. The van der Waals surface area contributed by atoms with Crippen LogP contribution in [-0.4, -0.2) is 59.4 Å². The first-order valence-corrected chi connectivity index (χ1v) is 8.10. The molecule has 1 aromatic heterocycles. The van der Waals surface area contributed by atoms with Gasteiger partial charge in [-0.1, -0.05) is 11.6 Å². The minimum absolute atomic E-state index is 0.0216. The molecule has 6 nitrogen and oxygen atoms in total. The van der Waals surface area contributed by atoms with Crippen LogP contribution in [0.1, 0.15) is 10.5 Å². The Balaban J connectivity index is 1.46. The molecule has 2 heterocycles. The quantitative estimate of drug-likeness (QED) is 0.920. The summed E-state index contributed by atoms with van der Waals surface area (Å²) in [5.41, 5.74) is 0.570. The Bertz CT molecular complexity index is 692. The van der Waals surface area contributed by atoms with Crippen molar-refractivity contribution in [2.45, 2.75) is 0 Å². The van der Waals surface area contributed by atoms with Crippen molar-refractivity contribution >= 4 is 23.4 Å². The number of amides is 2. The maximum absolute atomic E-state index is 12.2. The number of H-pyrrole nitrogens is 1. The van der Waals surface area contributed by atoms with Gasteiger partial charge in [-0.2, -0.15) is 0 Å². The number of aromatic amines is 1. The fourth-order valence-corrected chi connectivity index (χ4v) is 2.69. The van der Waals surface area contributed by atoms with E-state index in [0.717, 1.165) is 0 Å². The number of nitrogens with zero attached hydrogens (tertiary/aromatic N) is 2. The Kier molecular flexibility index (Phi) is 5.05. The lowest BCUT2D eigenvalue weighted by Crippen LogP contribution is -2.51. The van der Waals surface area contributed by atoms with Crippen molar-refractivity contribution in [3.05, 3.63) is 53.3 Å². The smallest absolute Gasteiger partial charge is 0.270 e. The number of ether oxygens (including phenoxy) is 1. The van der Waals surface area contributed by atoms with Gasteiger partial charge < -0.3 is 19.5 Å². The number of carbonyl (C=O) groups is 2. The topological polar surface area (TPSA) is 65.6 Å². The van der Waals surface area contributed by atoms with Crippen LogP contribution in [-0.2, 0) is 4.79 Å². The zero-order valence-electron chi connectivity index (χ0n) is 13.1. The van der Waals surface area contributed by atoms with Gasteiger partial charge in [0.15, 0.2) is 6.61 Å². The van der Waals surface area contributed by atoms with Crippen LogP contribution < -0.4 is 4.74 Å². The molecule has 1 aromatic carbocycles. The number of halogens is 1. The van der Waals surface area contributed by atoms with Gasteiger partial charge in [0.05, 0.1) is 0 Å². The lowest BCUT2D eigenvalue weighted by molar-refractivity contribution is -0.134. The molecule has 126 valence electrons. The number of hydrogen-bond acceptors (Lipinski definition) is 3. The minimum Gasteiger partial charge on any atom is -0.484 e. The average Bonchev–Trinajstić information content (AvgIpc) is 3.15. The van der Waals surface area contributed by atoms with Crippen LogP contribution in [0.5, 0.6) is 5.75 Å². The molecule has 2 aromatic rings. The highest BCUT2D eigenvalue weighted by Crippen LogP contribution is 2.15. The molecule has 0 bridgehead atoms. The van der Waals surface area contributed by atoms with Gasteiger partial charge in [0, 0.05) is 37.4 Å². The summed E-state index contributed by atoms with van der Waals surface area (Å²) in [6, 6.07) is 10.4. The van der Waals surface area contributed by atoms with Gasteiger partial charge >= 0.3 is 0 Å². The van der Waals surface area contributed by atoms with E-state index in [1.54, 1.807) is 52.4 Å². The molecule has 0 spiro atoms. The first kappa shape index (κ1) is 16.4. The third kappa shape index (κ3) is 3.89. The molecule has 1 aliphatic rings. The van der Waals surface area contributed by atoms with Crippen LogP contribution in [0.15, 0.2) is 42.6 Å². The predicted molar refractivity (Wildman–Crippen MR) is 90.2 cm³/mol. The van der Waals surface area contributed by atoms with Crippen molar-refractivity contribution in [2.75, 3.05) is 32.8 Å². The molecule has 3 rings (SSSR count). The zero-order valence-corrected chi connectivity index (χ0v) is 13.8. The van der Waals surface area contributed by atoms with E-state index in [9.17, 15) is 9.59 Å². The summed E-state index contributed by atoms with van der Waals surface area (Å²) >= 11 is 5.81. The Morgan fingerprint density at radius 3 is 2.33 bits per heavy atom. The van der Waals surface area contributed by atoms with Gasteiger partial charge in [-0.3, -0.25) is 9.59 Å². The van der Waals surface area contributed by atoms with Crippen LogP contribution in [0.25, 0.3) is 0 Å². The summed E-state index contributed by atoms with van der Waals surface area (Å²) in [4.78, 5) is 30.8. The van der Waals surface area contributed by atoms with Gasteiger partial charge in [-0.15, -0.1) is 0 Å². The van der Waals surface area contributed by atoms with Crippen molar-refractivity contribution in [2.24, 2.45) is 0 Å². The number of aromatic nitrogens is 1. The third-order valence-electron chi connectivity index (χ3n) is 3.92. The van der Waals surface area contributed by atoms with Crippen LogP contribution in [0.3, 0.4) is 0 Å². The van der Waals surface area contributed by atoms with E-state index in [1.807, 2.05) is 0 Å². The molecule has 1 N–H and O–H groups in total. The largest absolute Gasteiger partial charge is 0.484 e. The van der Waals surface area contributed by atoms with Gasteiger partial charge in [0.25, 0.3) is 11.8 Å². The molecule has 0 atom stereocenters. The van der Waals surface area contributed by atoms with Crippen LogP contribution >= 0.6 is 11.6 Å². The SMILES string of the molecule is O=C(COc1ccc(Cl)cc1)N1CCN(C(=O)c2ccc[nH]2)CC1. The Hall–Kier alpha value is -2.47. The van der Waals surface area contributed by atoms with Crippen molar-refractivity contribution in [3.8, 4) is 5.75 Å². The summed E-state index contributed by atoms with van der Waals surface area (Å²) in [5.74, 6) is 0.481. The molecule has 0 radical (unpaired) electrons. The highest BCUT2D eigenvalue weighted by atomic mass is 35.5. The molecule has 2 amide bonds. The summed E-state index contributed by atoms with van der Waals surface area (Å²) < 4.78 is 5.47. The first-order valence-electron chi connectivity index (χ1n) is 7.72. The van der Waals surface area contributed by atoms with Crippen molar-refractivity contribution in [3.63, 3.8) is 0 Å². The molecule has 1 aliphatic heterocycles. The third-order valence-corrected chi connectivity index (χ3v) is 4.18. The van der Waals surface area contributed by atoms with E-state index in [0.29, 0.717) is 42.6 Å². The molecular weight excluding hydrogens is 330 g/mol. The molecule has 0 unspecified atom stereocenters. The fraction of sp³-hybridized carbons (Fsp3) is 0.294. The minimum atomic E-state index is -0.0862.